The number of carbonyl (C=O) groups excluding carboxylic acids is 2. The predicted octanol–water partition coefficient (Wildman–Crippen LogP) is 0.581. The van der Waals surface area contributed by atoms with Crippen molar-refractivity contribution in [1.29, 1.82) is 0 Å². The number of nitrogens with one attached hydrogen (secondary N) is 1. The van der Waals surface area contributed by atoms with Crippen molar-refractivity contribution in [3.63, 3.8) is 0 Å². The van der Waals surface area contributed by atoms with Crippen LogP contribution in [0.1, 0.15) is 5.56 Å². The molecule has 2 atom stereocenters. The minimum atomic E-state index is -0.472. The molecule has 5 nitrogen and oxygen atoms in total. The number of halogens is 1. The number of nitrogens with zero attached hydrogens (tertiary/aromatic N) is 1. The Morgan fingerprint density at radius 2 is 2.29 bits per heavy atom. The standard InChI is InChI=1S/C15H17FN2O3/c1-21-13-3-2-9(4-12(13)16)5-14(19)18-7-10-6-17-15(20)11(10)8-18/h2-4,10-11H,5-8H2,1H3,(H,17,20)/t10-,11+/m1/s1. The van der Waals surface area contributed by atoms with Gasteiger partial charge in [0.25, 0.3) is 0 Å². The van der Waals surface area contributed by atoms with E-state index in [0.717, 1.165) is 0 Å². The maximum Gasteiger partial charge on any atom is 0.227 e. The molecule has 0 unspecified atom stereocenters. The van der Waals surface area contributed by atoms with Gasteiger partial charge in [-0.15, -0.1) is 0 Å². The molecule has 2 saturated heterocycles. The van der Waals surface area contributed by atoms with Gasteiger partial charge in [0.05, 0.1) is 19.4 Å². The first-order chi connectivity index (χ1) is 10.1. The highest BCUT2D eigenvalue weighted by Gasteiger charge is 2.43. The van der Waals surface area contributed by atoms with E-state index in [1.54, 1.807) is 11.0 Å². The fourth-order valence-corrected chi connectivity index (χ4v) is 3.05. The van der Waals surface area contributed by atoms with Crippen LogP contribution in [0.15, 0.2) is 18.2 Å². The summed E-state index contributed by atoms with van der Waals surface area (Å²) >= 11 is 0. The van der Waals surface area contributed by atoms with Gasteiger partial charge < -0.3 is 15.0 Å². The number of methoxy groups -OCH3 is 1. The Bertz CT molecular complexity index is 590. The van der Waals surface area contributed by atoms with Gasteiger partial charge in [-0.05, 0) is 17.7 Å². The lowest BCUT2D eigenvalue weighted by Crippen LogP contribution is -2.34. The molecule has 0 aliphatic carbocycles. The molecule has 0 saturated carbocycles. The third kappa shape index (κ3) is 2.57. The zero-order valence-electron chi connectivity index (χ0n) is 11.8. The topological polar surface area (TPSA) is 58.6 Å². The third-order valence-electron chi connectivity index (χ3n) is 4.24. The summed E-state index contributed by atoms with van der Waals surface area (Å²) in [6, 6.07) is 4.52. The zero-order chi connectivity index (χ0) is 15.0. The molecule has 1 aromatic carbocycles. The molecule has 2 heterocycles. The molecule has 112 valence electrons. The van der Waals surface area contributed by atoms with Crippen LogP contribution in [0.2, 0.25) is 0 Å². The van der Waals surface area contributed by atoms with Crippen LogP contribution >= 0.6 is 0 Å². The molecule has 2 aliphatic rings. The second-order valence-corrected chi connectivity index (χ2v) is 5.56. The van der Waals surface area contributed by atoms with Crippen LogP contribution in [0, 0.1) is 17.7 Å². The molecule has 6 heteroatoms. The van der Waals surface area contributed by atoms with Crippen molar-refractivity contribution in [2.45, 2.75) is 6.42 Å². The van der Waals surface area contributed by atoms with Gasteiger partial charge in [0, 0.05) is 25.6 Å². The lowest BCUT2D eigenvalue weighted by atomic mass is 10.0. The Hall–Kier alpha value is -2.11. The second kappa shape index (κ2) is 5.35. The summed E-state index contributed by atoms with van der Waals surface area (Å²) in [5, 5.41) is 2.81. The first-order valence-corrected chi connectivity index (χ1v) is 6.96. The molecule has 1 aromatic rings. The lowest BCUT2D eigenvalue weighted by Gasteiger charge is -2.17. The fourth-order valence-electron chi connectivity index (χ4n) is 3.05. The van der Waals surface area contributed by atoms with Crippen LogP contribution in [0.4, 0.5) is 4.39 Å². The summed E-state index contributed by atoms with van der Waals surface area (Å²) in [7, 11) is 1.40. The van der Waals surface area contributed by atoms with E-state index in [2.05, 4.69) is 5.32 Å². The van der Waals surface area contributed by atoms with Crippen molar-refractivity contribution >= 4 is 11.8 Å². The predicted molar refractivity (Wildman–Crippen MR) is 73.2 cm³/mol. The van der Waals surface area contributed by atoms with Crippen LogP contribution in [0.5, 0.6) is 5.75 Å². The molecule has 0 spiro atoms. The fraction of sp³-hybridized carbons (Fsp3) is 0.467. The molecule has 3 rings (SSSR count). The number of rotatable bonds is 3. The minimum absolute atomic E-state index is 0.0331. The number of fused-ring (bicyclic) bond motifs is 1. The van der Waals surface area contributed by atoms with Crippen LogP contribution in [-0.4, -0.2) is 43.5 Å². The molecule has 1 N–H and O–H groups in total. The van der Waals surface area contributed by atoms with Gasteiger partial charge in [-0.2, -0.15) is 0 Å². The van der Waals surface area contributed by atoms with E-state index < -0.39 is 5.82 Å². The molecule has 2 aliphatic heterocycles. The first-order valence-electron chi connectivity index (χ1n) is 6.96. The number of hydrogen-bond acceptors (Lipinski definition) is 3. The second-order valence-electron chi connectivity index (χ2n) is 5.56. The highest BCUT2D eigenvalue weighted by Crippen LogP contribution is 2.28. The van der Waals surface area contributed by atoms with Gasteiger partial charge in [0.15, 0.2) is 11.6 Å². The molecule has 2 amide bonds. The number of hydrogen-bond donors (Lipinski definition) is 1. The van der Waals surface area contributed by atoms with Gasteiger partial charge >= 0.3 is 0 Å². The Balaban J connectivity index is 1.65. The van der Waals surface area contributed by atoms with Crippen molar-refractivity contribution in [3.8, 4) is 5.75 Å². The van der Waals surface area contributed by atoms with Crippen LogP contribution in [-0.2, 0) is 16.0 Å². The van der Waals surface area contributed by atoms with E-state index in [-0.39, 0.29) is 35.8 Å². The quantitative estimate of drug-likeness (QED) is 0.886. The van der Waals surface area contributed by atoms with E-state index in [9.17, 15) is 14.0 Å². The highest BCUT2D eigenvalue weighted by molar-refractivity contribution is 5.85. The van der Waals surface area contributed by atoms with E-state index in [1.807, 2.05) is 0 Å². The number of benzene rings is 1. The van der Waals surface area contributed by atoms with E-state index in [4.69, 9.17) is 4.74 Å². The normalized spacial score (nSPS) is 23.9. The van der Waals surface area contributed by atoms with Gasteiger partial charge in [-0.25, -0.2) is 4.39 Å². The summed E-state index contributed by atoms with van der Waals surface area (Å²) in [4.78, 5) is 25.5. The Morgan fingerprint density at radius 3 is 2.95 bits per heavy atom. The van der Waals surface area contributed by atoms with E-state index in [1.165, 1.54) is 19.2 Å². The van der Waals surface area contributed by atoms with Crippen LogP contribution in [0.3, 0.4) is 0 Å². The molecule has 0 bridgehead atoms. The molecule has 0 radical (unpaired) electrons. The third-order valence-corrected chi connectivity index (χ3v) is 4.24. The van der Waals surface area contributed by atoms with Gasteiger partial charge in [0.2, 0.25) is 11.8 Å². The highest BCUT2D eigenvalue weighted by atomic mass is 19.1. The number of amides is 2. The van der Waals surface area contributed by atoms with Gasteiger partial charge in [0.1, 0.15) is 0 Å². The molecular formula is C15H17FN2O3. The van der Waals surface area contributed by atoms with Gasteiger partial charge in [-0.1, -0.05) is 6.07 Å². The van der Waals surface area contributed by atoms with Crippen LogP contribution in [0.25, 0.3) is 0 Å². The van der Waals surface area contributed by atoms with Crippen LogP contribution < -0.4 is 10.1 Å². The summed E-state index contributed by atoms with van der Waals surface area (Å²) in [5.74, 6) is -0.206. The number of carbonyl (C=O) groups is 2. The number of likely N-dealkylation sites (tertiary alicyclic amines) is 1. The molecular weight excluding hydrogens is 275 g/mol. The lowest BCUT2D eigenvalue weighted by molar-refractivity contribution is -0.130. The minimum Gasteiger partial charge on any atom is -0.494 e. The number of ether oxygens (including phenoxy) is 1. The van der Waals surface area contributed by atoms with Crippen molar-refractivity contribution in [2.24, 2.45) is 11.8 Å². The molecule has 21 heavy (non-hydrogen) atoms. The molecule has 2 fully saturated rings. The van der Waals surface area contributed by atoms with Crippen molar-refractivity contribution in [3.05, 3.63) is 29.6 Å². The summed E-state index contributed by atoms with van der Waals surface area (Å²) < 4.78 is 18.5. The summed E-state index contributed by atoms with van der Waals surface area (Å²) in [6.07, 6.45) is 0.141. The average Bonchev–Trinajstić information content (AvgIpc) is 3.02. The Kier molecular flexibility index (Phi) is 3.53. The molecule has 0 aromatic heterocycles. The largest absolute Gasteiger partial charge is 0.494 e. The zero-order valence-corrected chi connectivity index (χ0v) is 11.8. The average molecular weight is 292 g/mol. The van der Waals surface area contributed by atoms with Gasteiger partial charge in [-0.3, -0.25) is 9.59 Å². The van der Waals surface area contributed by atoms with Crippen molar-refractivity contribution in [2.75, 3.05) is 26.7 Å². The summed E-state index contributed by atoms with van der Waals surface area (Å²) in [5.41, 5.74) is 0.611. The smallest absolute Gasteiger partial charge is 0.227 e. The maximum atomic E-state index is 13.6. The Morgan fingerprint density at radius 1 is 1.48 bits per heavy atom. The maximum absolute atomic E-state index is 13.6. The Labute approximate surface area is 122 Å². The van der Waals surface area contributed by atoms with Crippen molar-refractivity contribution in [1.82, 2.24) is 10.2 Å². The van der Waals surface area contributed by atoms with Crippen molar-refractivity contribution < 1.29 is 18.7 Å². The first kappa shape index (κ1) is 13.9. The monoisotopic (exact) mass is 292 g/mol. The SMILES string of the molecule is COc1ccc(CC(=O)N2C[C@H]3CNC(=O)[C@H]3C2)cc1F. The van der Waals surface area contributed by atoms with E-state index in [0.29, 0.717) is 25.2 Å². The van der Waals surface area contributed by atoms with E-state index >= 15 is 0 Å². The summed E-state index contributed by atoms with van der Waals surface area (Å²) in [6.45, 7) is 1.71.